The molecule has 0 bridgehead atoms. The second-order valence-electron chi connectivity index (χ2n) is 5.86. The number of piperazine rings is 1. The number of aryl methyl sites for hydroxylation is 1. The molecule has 1 saturated heterocycles. The van der Waals surface area contributed by atoms with Crippen LogP contribution in [0.5, 0.6) is 0 Å². The summed E-state index contributed by atoms with van der Waals surface area (Å²) in [6.45, 7) is 4.46. The molecule has 0 saturated carbocycles. The van der Waals surface area contributed by atoms with E-state index < -0.39 is 11.5 Å². The number of hydrogen-bond donors (Lipinski definition) is 2. The molecule has 1 aliphatic heterocycles. The predicted octanol–water partition coefficient (Wildman–Crippen LogP) is 1.05. The second-order valence-corrected chi connectivity index (χ2v) is 5.86. The molecule has 2 N–H and O–H groups in total. The largest absolute Gasteiger partial charge is 0.478 e. The number of nitrogens with zero attached hydrogens (tertiary/aromatic N) is 1. The number of hydrogen-bond acceptors (Lipinski definition) is 3. The lowest BCUT2D eigenvalue weighted by atomic mass is 9.97. The summed E-state index contributed by atoms with van der Waals surface area (Å²) in [5.74, 6) is -1.18. The molecular weight excluding hydrogens is 284 g/mol. The van der Waals surface area contributed by atoms with Crippen LogP contribution in [0, 0.1) is 0 Å². The summed E-state index contributed by atoms with van der Waals surface area (Å²) in [6, 6.07) is 6.48. The van der Waals surface area contributed by atoms with E-state index in [1.165, 1.54) is 12.1 Å². The number of carbonyl (C=O) groups excluding carboxylic acids is 2. The highest BCUT2D eigenvalue weighted by atomic mass is 16.4. The van der Waals surface area contributed by atoms with Gasteiger partial charge in [-0.25, -0.2) is 4.79 Å². The normalized spacial score (nSPS) is 17.0. The number of amides is 2. The van der Waals surface area contributed by atoms with Crippen LogP contribution >= 0.6 is 0 Å². The van der Waals surface area contributed by atoms with Crippen molar-refractivity contribution in [1.82, 2.24) is 10.2 Å². The molecule has 0 atom stereocenters. The fraction of sp³-hybridized carbons (Fsp3) is 0.438. The summed E-state index contributed by atoms with van der Waals surface area (Å²) in [4.78, 5) is 36.6. The molecule has 0 aromatic heterocycles. The Balaban J connectivity index is 1.97. The van der Waals surface area contributed by atoms with Gasteiger partial charge >= 0.3 is 5.97 Å². The van der Waals surface area contributed by atoms with Crippen molar-refractivity contribution in [3.8, 4) is 0 Å². The van der Waals surface area contributed by atoms with Gasteiger partial charge in [0.15, 0.2) is 0 Å². The van der Waals surface area contributed by atoms with Crippen molar-refractivity contribution in [3.05, 3.63) is 35.4 Å². The van der Waals surface area contributed by atoms with Crippen molar-refractivity contribution >= 4 is 17.8 Å². The Kier molecular flexibility index (Phi) is 4.49. The average Bonchev–Trinajstić information content (AvgIpc) is 2.48. The summed E-state index contributed by atoms with van der Waals surface area (Å²) in [5, 5.41) is 11.6. The van der Waals surface area contributed by atoms with Gasteiger partial charge in [-0.3, -0.25) is 9.59 Å². The fourth-order valence-corrected chi connectivity index (χ4v) is 2.54. The van der Waals surface area contributed by atoms with Crippen LogP contribution in [0.2, 0.25) is 0 Å². The Morgan fingerprint density at radius 3 is 2.50 bits per heavy atom. The molecule has 0 unspecified atom stereocenters. The minimum atomic E-state index is -0.969. The van der Waals surface area contributed by atoms with Crippen molar-refractivity contribution in [2.75, 3.05) is 13.1 Å². The molecule has 0 aliphatic carbocycles. The number of rotatable bonds is 4. The van der Waals surface area contributed by atoms with E-state index in [0.717, 1.165) is 5.56 Å². The molecule has 1 heterocycles. The van der Waals surface area contributed by atoms with Crippen LogP contribution in [-0.4, -0.2) is 46.4 Å². The zero-order chi connectivity index (χ0) is 16.3. The van der Waals surface area contributed by atoms with Gasteiger partial charge in [0.05, 0.1) is 5.56 Å². The Morgan fingerprint density at radius 1 is 1.27 bits per heavy atom. The van der Waals surface area contributed by atoms with Gasteiger partial charge in [-0.2, -0.15) is 0 Å². The second kappa shape index (κ2) is 6.17. The first-order chi connectivity index (χ1) is 10.3. The van der Waals surface area contributed by atoms with Gasteiger partial charge in [-0.15, -0.1) is 0 Å². The van der Waals surface area contributed by atoms with E-state index in [2.05, 4.69) is 5.32 Å². The number of carbonyl (C=O) groups is 3. The summed E-state index contributed by atoms with van der Waals surface area (Å²) < 4.78 is 0. The number of nitrogens with one attached hydrogen (secondary N) is 1. The number of benzene rings is 1. The van der Waals surface area contributed by atoms with Crippen molar-refractivity contribution in [3.63, 3.8) is 0 Å². The van der Waals surface area contributed by atoms with Crippen LogP contribution in [-0.2, 0) is 16.0 Å². The number of aromatic carboxylic acids is 1. The van der Waals surface area contributed by atoms with Crippen LogP contribution in [0.25, 0.3) is 0 Å². The molecule has 1 aromatic carbocycles. The van der Waals surface area contributed by atoms with Crippen molar-refractivity contribution in [1.29, 1.82) is 0 Å². The van der Waals surface area contributed by atoms with Gasteiger partial charge in [-0.05, 0) is 38.0 Å². The first kappa shape index (κ1) is 16.0. The first-order valence-electron chi connectivity index (χ1n) is 7.23. The number of carboxylic acid groups (broad SMARTS) is 1. The van der Waals surface area contributed by atoms with Gasteiger partial charge in [0.25, 0.3) is 0 Å². The highest BCUT2D eigenvalue weighted by Gasteiger charge is 2.39. The van der Waals surface area contributed by atoms with E-state index in [1.54, 1.807) is 30.9 Å². The summed E-state index contributed by atoms with van der Waals surface area (Å²) in [7, 11) is 0. The molecule has 0 spiro atoms. The van der Waals surface area contributed by atoms with Gasteiger partial charge in [0, 0.05) is 19.5 Å². The van der Waals surface area contributed by atoms with E-state index in [4.69, 9.17) is 5.11 Å². The molecule has 6 nitrogen and oxygen atoms in total. The van der Waals surface area contributed by atoms with Crippen LogP contribution in [0.15, 0.2) is 24.3 Å². The molecule has 6 heteroatoms. The average molecular weight is 304 g/mol. The predicted molar refractivity (Wildman–Crippen MR) is 80.5 cm³/mol. The minimum absolute atomic E-state index is 0.0674. The van der Waals surface area contributed by atoms with E-state index >= 15 is 0 Å². The molecule has 22 heavy (non-hydrogen) atoms. The third-order valence-electron chi connectivity index (χ3n) is 3.98. The lowest BCUT2D eigenvalue weighted by molar-refractivity contribution is -0.149. The summed E-state index contributed by atoms with van der Waals surface area (Å²) >= 11 is 0. The van der Waals surface area contributed by atoms with Gasteiger partial charge in [-0.1, -0.05) is 12.1 Å². The van der Waals surface area contributed by atoms with Gasteiger partial charge < -0.3 is 15.3 Å². The summed E-state index contributed by atoms with van der Waals surface area (Å²) in [6.07, 6.45) is 0.816. The lowest BCUT2D eigenvalue weighted by Crippen LogP contribution is -2.63. The van der Waals surface area contributed by atoms with Crippen LogP contribution < -0.4 is 5.32 Å². The monoisotopic (exact) mass is 304 g/mol. The van der Waals surface area contributed by atoms with Crippen LogP contribution in [0.3, 0.4) is 0 Å². The van der Waals surface area contributed by atoms with Crippen molar-refractivity contribution in [2.45, 2.75) is 32.2 Å². The standard InChI is InChI=1S/C16H20N2O4/c1-16(2)15(22)17-9-10-18(16)13(19)8-5-11-3-6-12(7-4-11)14(20)21/h3-4,6-7H,5,8-10H2,1-2H3,(H,17,22)(H,20,21). The van der Waals surface area contributed by atoms with E-state index in [9.17, 15) is 14.4 Å². The van der Waals surface area contributed by atoms with E-state index in [1.807, 2.05) is 0 Å². The van der Waals surface area contributed by atoms with Gasteiger partial charge in [0.1, 0.15) is 5.54 Å². The van der Waals surface area contributed by atoms with E-state index in [0.29, 0.717) is 25.9 Å². The molecule has 1 aliphatic rings. The highest BCUT2D eigenvalue weighted by Crippen LogP contribution is 2.19. The van der Waals surface area contributed by atoms with E-state index in [-0.39, 0.29) is 17.4 Å². The Hall–Kier alpha value is -2.37. The lowest BCUT2D eigenvalue weighted by Gasteiger charge is -2.41. The molecular formula is C16H20N2O4. The number of carboxylic acids is 1. The maximum absolute atomic E-state index is 12.4. The molecule has 2 amide bonds. The fourth-order valence-electron chi connectivity index (χ4n) is 2.54. The zero-order valence-corrected chi connectivity index (χ0v) is 12.8. The first-order valence-corrected chi connectivity index (χ1v) is 7.23. The zero-order valence-electron chi connectivity index (χ0n) is 12.8. The molecule has 118 valence electrons. The smallest absolute Gasteiger partial charge is 0.335 e. The molecule has 2 rings (SSSR count). The molecule has 1 aromatic rings. The van der Waals surface area contributed by atoms with Gasteiger partial charge in [0.2, 0.25) is 11.8 Å². The molecule has 1 fully saturated rings. The Bertz CT molecular complexity index is 593. The maximum Gasteiger partial charge on any atom is 0.335 e. The van der Waals surface area contributed by atoms with Crippen molar-refractivity contribution < 1.29 is 19.5 Å². The quantitative estimate of drug-likeness (QED) is 0.870. The maximum atomic E-state index is 12.4. The summed E-state index contributed by atoms with van der Waals surface area (Å²) in [5.41, 5.74) is 0.296. The highest BCUT2D eigenvalue weighted by molar-refractivity contribution is 5.92. The Morgan fingerprint density at radius 2 is 1.91 bits per heavy atom. The third kappa shape index (κ3) is 3.27. The van der Waals surface area contributed by atoms with Crippen LogP contribution in [0.1, 0.15) is 36.2 Å². The third-order valence-corrected chi connectivity index (χ3v) is 3.98. The van der Waals surface area contributed by atoms with Crippen LogP contribution in [0.4, 0.5) is 0 Å². The topological polar surface area (TPSA) is 86.7 Å². The Labute approximate surface area is 129 Å². The SMILES string of the molecule is CC1(C)C(=O)NCCN1C(=O)CCc1ccc(C(=O)O)cc1. The molecule has 0 radical (unpaired) electrons. The van der Waals surface area contributed by atoms with Crippen molar-refractivity contribution in [2.24, 2.45) is 0 Å². The minimum Gasteiger partial charge on any atom is -0.478 e.